The normalized spacial score (nSPS) is 14.8. The van der Waals surface area contributed by atoms with Crippen molar-refractivity contribution in [3.63, 3.8) is 0 Å². The molecule has 1 saturated heterocycles. The summed E-state index contributed by atoms with van der Waals surface area (Å²) in [5.41, 5.74) is 0.211. The molecule has 1 aliphatic rings. The molecular formula is C21H30N2O7. The molecule has 1 aromatic carbocycles. The fraction of sp³-hybridized carbons (Fsp3) is 0.571. The molecule has 1 N–H and O–H groups in total. The van der Waals surface area contributed by atoms with Crippen molar-refractivity contribution in [2.75, 3.05) is 46.6 Å². The van der Waals surface area contributed by atoms with Gasteiger partial charge in [0.15, 0.2) is 24.7 Å². The van der Waals surface area contributed by atoms with Gasteiger partial charge in [-0.25, -0.2) is 4.79 Å². The third-order valence-electron chi connectivity index (χ3n) is 4.84. The van der Waals surface area contributed by atoms with Crippen molar-refractivity contribution in [1.29, 1.82) is 0 Å². The summed E-state index contributed by atoms with van der Waals surface area (Å²) < 4.78 is 21.1. The van der Waals surface area contributed by atoms with E-state index in [-0.39, 0.29) is 48.3 Å². The van der Waals surface area contributed by atoms with Crippen LogP contribution >= 0.6 is 0 Å². The zero-order valence-corrected chi connectivity index (χ0v) is 17.9. The van der Waals surface area contributed by atoms with Crippen LogP contribution in [0.25, 0.3) is 0 Å². The Bertz CT molecular complexity index is 745. The van der Waals surface area contributed by atoms with Crippen molar-refractivity contribution in [3.8, 4) is 11.5 Å². The number of methoxy groups -OCH3 is 1. The number of nitrogens with one attached hydrogen (secondary N) is 1. The lowest BCUT2D eigenvalue weighted by molar-refractivity contribution is -0.137. The summed E-state index contributed by atoms with van der Waals surface area (Å²) in [4.78, 5) is 38.0. The molecule has 1 aromatic rings. The molecule has 0 aromatic heterocycles. The highest BCUT2D eigenvalue weighted by Gasteiger charge is 2.19. The molecule has 1 atom stereocenters. The van der Waals surface area contributed by atoms with Crippen molar-refractivity contribution in [2.24, 2.45) is 5.92 Å². The Morgan fingerprint density at radius 2 is 1.80 bits per heavy atom. The van der Waals surface area contributed by atoms with E-state index >= 15 is 0 Å². The van der Waals surface area contributed by atoms with Gasteiger partial charge in [-0.2, -0.15) is 0 Å². The van der Waals surface area contributed by atoms with E-state index in [9.17, 15) is 14.4 Å². The van der Waals surface area contributed by atoms with E-state index < -0.39 is 5.97 Å². The van der Waals surface area contributed by atoms with Crippen molar-refractivity contribution in [2.45, 2.75) is 26.8 Å². The van der Waals surface area contributed by atoms with Gasteiger partial charge in [0.1, 0.15) is 0 Å². The van der Waals surface area contributed by atoms with Gasteiger partial charge in [-0.3, -0.25) is 9.59 Å². The van der Waals surface area contributed by atoms with Crippen LogP contribution in [0.3, 0.4) is 0 Å². The third kappa shape index (κ3) is 6.91. The Kier molecular flexibility index (Phi) is 8.91. The number of ether oxygens (including phenoxy) is 4. The van der Waals surface area contributed by atoms with Crippen LogP contribution in [0.4, 0.5) is 0 Å². The molecule has 0 spiro atoms. The molecule has 1 aliphatic heterocycles. The second kappa shape index (κ2) is 11.4. The highest BCUT2D eigenvalue weighted by Crippen LogP contribution is 2.28. The number of rotatable bonds is 9. The fourth-order valence-corrected chi connectivity index (χ4v) is 2.63. The molecule has 9 heteroatoms. The molecule has 0 aliphatic carbocycles. The lowest BCUT2D eigenvalue weighted by Crippen LogP contribution is -2.43. The molecular weight excluding hydrogens is 392 g/mol. The van der Waals surface area contributed by atoms with Gasteiger partial charge in [0.05, 0.1) is 25.9 Å². The third-order valence-corrected chi connectivity index (χ3v) is 4.84. The topological polar surface area (TPSA) is 103 Å². The van der Waals surface area contributed by atoms with Gasteiger partial charge in [0.25, 0.3) is 11.8 Å². The number of hydrogen-bond acceptors (Lipinski definition) is 7. The Labute approximate surface area is 176 Å². The maximum atomic E-state index is 12.2. The predicted octanol–water partition coefficient (Wildman–Crippen LogP) is 1.25. The van der Waals surface area contributed by atoms with Crippen molar-refractivity contribution >= 4 is 17.8 Å². The number of carbonyl (C=O) groups is 3. The minimum Gasteiger partial charge on any atom is -0.493 e. The van der Waals surface area contributed by atoms with Crippen LogP contribution in [0, 0.1) is 5.92 Å². The molecule has 2 amide bonds. The number of amides is 2. The maximum Gasteiger partial charge on any atom is 0.338 e. The van der Waals surface area contributed by atoms with Crippen molar-refractivity contribution < 1.29 is 33.3 Å². The molecule has 0 saturated carbocycles. The first-order chi connectivity index (χ1) is 14.3. The van der Waals surface area contributed by atoms with Gasteiger partial charge in [-0.15, -0.1) is 0 Å². The molecule has 9 nitrogen and oxygen atoms in total. The summed E-state index contributed by atoms with van der Waals surface area (Å²) in [5, 5.41) is 2.77. The molecule has 1 heterocycles. The Morgan fingerprint density at radius 1 is 1.10 bits per heavy atom. The molecule has 0 bridgehead atoms. The van der Waals surface area contributed by atoms with Gasteiger partial charge < -0.3 is 29.2 Å². The van der Waals surface area contributed by atoms with Gasteiger partial charge in [0, 0.05) is 19.1 Å². The number of hydrogen-bond donors (Lipinski definition) is 1. The molecule has 166 valence electrons. The van der Waals surface area contributed by atoms with Crippen LogP contribution in [-0.2, 0) is 19.1 Å². The highest BCUT2D eigenvalue weighted by atomic mass is 16.5. The summed E-state index contributed by atoms with van der Waals surface area (Å²) in [5.74, 6) is -0.270. The second-order valence-corrected chi connectivity index (χ2v) is 7.32. The zero-order chi connectivity index (χ0) is 22.1. The second-order valence-electron chi connectivity index (χ2n) is 7.32. The lowest BCUT2D eigenvalue weighted by Gasteiger charge is -2.26. The minimum atomic E-state index is -0.656. The Balaban J connectivity index is 1.90. The number of carbonyl (C=O) groups excluding carboxylic acids is 3. The van der Waals surface area contributed by atoms with Gasteiger partial charge in [0.2, 0.25) is 0 Å². The van der Waals surface area contributed by atoms with Gasteiger partial charge >= 0.3 is 5.97 Å². The van der Waals surface area contributed by atoms with Crippen LogP contribution in [0.5, 0.6) is 11.5 Å². The zero-order valence-electron chi connectivity index (χ0n) is 17.9. The molecule has 0 unspecified atom stereocenters. The van der Waals surface area contributed by atoms with Gasteiger partial charge in [-0.1, -0.05) is 13.8 Å². The van der Waals surface area contributed by atoms with Crippen LogP contribution in [0.1, 0.15) is 31.1 Å². The summed E-state index contributed by atoms with van der Waals surface area (Å²) in [7, 11) is 1.43. The number of nitrogens with zero attached hydrogens (tertiary/aromatic N) is 1. The first kappa shape index (κ1) is 23.5. The summed E-state index contributed by atoms with van der Waals surface area (Å²) in [6.45, 7) is 7.45. The first-order valence-corrected chi connectivity index (χ1v) is 9.94. The Morgan fingerprint density at radius 3 is 2.43 bits per heavy atom. The molecule has 2 rings (SSSR count). The van der Waals surface area contributed by atoms with E-state index in [1.54, 1.807) is 4.90 Å². The fourth-order valence-electron chi connectivity index (χ4n) is 2.63. The molecule has 0 radical (unpaired) electrons. The minimum absolute atomic E-state index is 0.0205. The highest BCUT2D eigenvalue weighted by molar-refractivity contribution is 5.92. The summed E-state index contributed by atoms with van der Waals surface area (Å²) >= 11 is 0. The Hall–Kier alpha value is -2.81. The predicted molar refractivity (Wildman–Crippen MR) is 109 cm³/mol. The van der Waals surface area contributed by atoms with Crippen LogP contribution in [-0.4, -0.2) is 75.4 Å². The molecule has 30 heavy (non-hydrogen) atoms. The van der Waals surface area contributed by atoms with E-state index in [1.807, 2.05) is 20.8 Å². The quantitative estimate of drug-likeness (QED) is 0.598. The number of morpholine rings is 1. The maximum absolute atomic E-state index is 12.2. The van der Waals surface area contributed by atoms with E-state index in [4.69, 9.17) is 18.9 Å². The lowest BCUT2D eigenvalue weighted by atomic mass is 10.1. The van der Waals surface area contributed by atoms with E-state index in [0.29, 0.717) is 32.1 Å². The van der Waals surface area contributed by atoms with E-state index in [0.717, 1.165) is 0 Å². The number of esters is 1. The monoisotopic (exact) mass is 422 g/mol. The van der Waals surface area contributed by atoms with Crippen molar-refractivity contribution in [1.82, 2.24) is 10.2 Å². The van der Waals surface area contributed by atoms with E-state index in [2.05, 4.69) is 5.32 Å². The van der Waals surface area contributed by atoms with Crippen LogP contribution in [0.15, 0.2) is 18.2 Å². The first-order valence-electron chi connectivity index (χ1n) is 9.94. The smallest absolute Gasteiger partial charge is 0.338 e. The van der Waals surface area contributed by atoms with Crippen molar-refractivity contribution in [3.05, 3.63) is 23.8 Å². The standard InChI is InChI=1S/C21H30N2O7/c1-14(2)15(3)22-19(24)12-30-21(26)16-5-6-17(18(11-16)27-4)29-13-20(25)23-7-9-28-10-8-23/h5-6,11,14-15H,7-10,12-13H2,1-4H3,(H,22,24)/t15-/m1/s1. The SMILES string of the molecule is COc1cc(C(=O)OCC(=O)N[C@H](C)C(C)C)ccc1OCC(=O)N1CCOCC1. The average Bonchev–Trinajstić information content (AvgIpc) is 2.76. The number of benzene rings is 1. The summed E-state index contributed by atoms with van der Waals surface area (Å²) in [6, 6.07) is 4.45. The van der Waals surface area contributed by atoms with Crippen LogP contribution in [0.2, 0.25) is 0 Å². The average molecular weight is 422 g/mol. The summed E-state index contributed by atoms with van der Waals surface area (Å²) in [6.07, 6.45) is 0. The van der Waals surface area contributed by atoms with E-state index in [1.165, 1.54) is 25.3 Å². The molecule has 1 fully saturated rings. The largest absolute Gasteiger partial charge is 0.493 e. The van der Waals surface area contributed by atoms with Gasteiger partial charge in [-0.05, 0) is 31.0 Å². The van der Waals surface area contributed by atoms with Crippen LogP contribution < -0.4 is 14.8 Å².